The van der Waals surface area contributed by atoms with Gasteiger partial charge in [0.1, 0.15) is 0 Å². The van der Waals surface area contributed by atoms with Crippen molar-refractivity contribution in [3.8, 4) is 6.07 Å². The number of nitrogens with one attached hydrogen (secondary N) is 1. The molecule has 1 N–H and O–H groups in total. The van der Waals surface area contributed by atoms with Crippen LogP contribution in [0.1, 0.15) is 37.8 Å². The van der Waals surface area contributed by atoms with Gasteiger partial charge in [-0.15, -0.1) is 0 Å². The van der Waals surface area contributed by atoms with Crippen LogP contribution in [0.3, 0.4) is 0 Å². The third kappa shape index (κ3) is 6.37. The summed E-state index contributed by atoms with van der Waals surface area (Å²) < 4.78 is 0. The molecule has 0 aliphatic rings. The van der Waals surface area contributed by atoms with Crippen LogP contribution >= 0.6 is 0 Å². The van der Waals surface area contributed by atoms with Gasteiger partial charge in [0.2, 0.25) is 0 Å². The van der Waals surface area contributed by atoms with E-state index in [0.717, 1.165) is 25.2 Å². The van der Waals surface area contributed by atoms with E-state index in [1.165, 1.54) is 18.4 Å². The monoisotopic (exact) mass is 259 g/mol. The third-order valence-corrected chi connectivity index (χ3v) is 3.38. The molecule has 3 nitrogen and oxygen atoms in total. The predicted octanol–water partition coefficient (Wildman–Crippen LogP) is 2.77. The fourth-order valence-electron chi connectivity index (χ4n) is 1.85. The second kappa shape index (κ2) is 8.68. The maximum atomic E-state index is 8.83. The highest BCUT2D eigenvalue weighted by molar-refractivity contribution is 5.32. The summed E-state index contributed by atoms with van der Waals surface area (Å²) in [6.07, 6.45) is 2.41. The van der Waals surface area contributed by atoms with Crippen LogP contribution in [0.15, 0.2) is 24.3 Å². The van der Waals surface area contributed by atoms with Crippen LogP contribution in [0.4, 0.5) is 0 Å². The van der Waals surface area contributed by atoms with Crippen molar-refractivity contribution >= 4 is 0 Å². The van der Waals surface area contributed by atoms with Gasteiger partial charge in [-0.2, -0.15) is 5.26 Å². The van der Waals surface area contributed by atoms with Crippen molar-refractivity contribution in [2.24, 2.45) is 0 Å². The molecule has 0 spiro atoms. The summed E-state index contributed by atoms with van der Waals surface area (Å²) in [7, 11) is 2.17. The van der Waals surface area contributed by atoms with E-state index in [-0.39, 0.29) is 0 Å². The number of rotatable bonds is 8. The average molecular weight is 259 g/mol. The predicted molar refractivity (Wildman–Crippen MR) is 79.9 cm³/mol. The molecule has 0 aliphatic carbocycles. The lowest BCUT2D eigenvalue weighted by Crippen LogP contribution is -2.27. The Balaban J connectivity index is 2.12. The van der Waals surface area contributed by atoms with E-state index >= 15 is 0 Å². The molecule has 0 saturated carbocycles. The largest absolute Gasteiger partial charge is 0.313 e. The van der Waals surface area contributed by atoms with Crippen molar-refractivity contribution in [3.05, 3.63) is 35.4 Å². The minimum absolute atomic E-state index is 0.627. The van der Waals surface area contributed by atoms with Crippen molar-refractivity contribution in [1.29, 1.82) is 5.26 Å². The van der Waals surface area contributed by atoms with Crippen LogP contribution < -0.4 is 5.32 Å². The Morgan fingerprint density at radius 1 is 1.32 bits per heavy atom. The number of nitriles is 1. The maximum Gasteiger partial charge on any atom is 0.0991 e. The third-order valence-electron chi connectivity index (χ3n) is 3.38. The minimum Gasteiger partial charge on any atom is -0.313 e. The molecule has 0 heterocycles. The molecule has 0 radical (unpaired) electrons. The molecule has 0 aliphatic heterocycles. The summed E-state index contributed by atoms with van der Waals surface area (Å²) in [5, 5.41) is 12.3. The van der Waals surface area contributed by atoms with Gasteiger partial charge in [-0.25, -0.2) is 0 Å². The van der Waals surface area contributed by atoms with Crippen LogP contribution in [-0.4, -0.2) is 31.1 Å². The van der Waals surface area contributed by atoms with Crippen LogP contribution in [0.5, 0.6) is 0 Å². The van der Waals surface area contributed by atoms with Crippen molar-refractivity contribution in [1.82, 2.24) is 10.2 Å². The summed E-state index contributed by atoms with van der Waals surface area (Å²) in [4.78, 5) is 2.37. The fraction of sp³-hybridized carbons (Fsp3) is 0.562. The Morgan fingerprint density at radius 3 is 2.79 bits per heavy atom. The van der Waals surface area contributed by atoms with E-state index in [4.69, 9.17) is 5.26 Å². The highest BCUT2D eigenvalue weighted by Crippen LogP contribution is 2.03. The quantitative estimate of drug-likeness (QED) is 0.730. The SMILES string of the molecule is CC(C)N(C)CCCCNCc1cccc(C#N)c1. The first-order valence-corrected chi connectivity index (χ1v) is 7.03. The standard InChI is InChI=1S/C16H25N3/c1-14(2)19(3)10-5-4-9-18-13-16-8-6-7-15(11-16)12-17/h6-8,11,14,18H,4-5,9-10,13H2,1-3H3. The maximum absolute atomic E-state index is 8.83. The summed E-state index contributed by atoms with van der Waals surface area (Å²) >= 11 is 0. The van der Waals surface area contributed by atoms with E-state index in [1.54, 1.807) is 0 Å². The van der Waals surface area contributed by atoms with Crippen LogP contribution in [-0.2, 0) is 6.54 Å². The Morgan fingerprint density at radius 2 is 2.11 bits per heavy atom. The zero-order chi connectivity index (χ0) is 14.1. The van der Waals surface area contributed by atoms with Gasteiger partial charge < -0.3 is 10.2 Å². The molecular weight excluding hydrogens is 234 g/mol. The zero-order valence-electron chi connectivity index (χ0n) is 12.3. The lowest BCUT2D eigenvalue weighted by atomic mass is 10.1. The number of hydrogen-bond donors (Lipinski definition) is 1. The summed E-state index contributed by atoms with van der Waals surface area (Å²) in [6, 6.07) is 10.6. The molecule has 1 aromatic rings. The topological polar surface area (TPSA) is 39.1 Å². The van der Waals surface area contributed by atoms with E-state index in [0.29, 0.717) is 6.04 Å². The molecule has 1 aromatic carbocycles. The minimum atomic E-state index is 0.627. The van der Waals surface area contributed by atoms with E-state index < -0.39 is 0 Å². The van der Waals surface area contributed by atoms with Crippen molar-refractivity contribution in [2.45, 2.75) is 39.3 Å². The fourth-order valence-corrected chi connectivity index (χ4v) is 1.85. The molecule has 19 heavy (non-hydrogen) atoms. The van der Waals surface area contributed by atoms with Gasteiger partial charge in [-0.3, -0.25) is 0 Å². The van der Waals surface area contributed by atoms with Gasteiger partial charge >= 0.3 is 0 Å². The molecule has 0 aromatic heterocycles. The van der Waals surface area contributed by atoms with Crippen molar-refractivity contribution in [3.63, 3.8) is 0 Å². The Hall–Kier alpha value is -1.37. The average Bonchev–Trinajstić information content (AvgIpc) is 2.42. The Kier molecular flexibility index (Phi) is 7.17. The number of benzene rings is 1. The number of hydrogen-bond acceptors (Lipinski definition) is 3. The smallest absolute Gasteiger partial charge is 0.0991 e. The molecule has 3 heteroatoms. The first-order chi connectivity index (χ1) is 9.13. The molecular formula is C16H25N3. The molecule has 0 amide bonds. The molecule has 0 fully saturated rings. The van der Waals surface area contributed by atoms with E-state index in [1.807, 2.05) is 18.2 Å². The van der Waals surface area contributed by atoms with Gasteiger partial charge in [0.25, 0.3) is 0 Å². The van der Waals surface area contributed by atoms with Crippen molar-refractivity contribution in [2.75, 3.05) is 20.1 Å². The van der Waals surface area contributed by atoms with Gasteiger partial charge in [0.05, 0.1) is 11.6 Å². The lowest BCUT2D eigenvalue weighted by molar-refractivity contribution is 0.268. The molecule has 0 bridgehead atoms. The van der Waals surface area contributed by atoms with Crippen LogP contribution in [0, 0.1) is 11.3 Å². The van der Waals surface area contributed by atoms with E-state index in [9.17, 15) is 0 Å². The van der Waals surface area contributed by atoms with Gasteiger partial charge in [-0.05, 0) is 64.5 Å². The highest BCUT2D eigenvalue weighted by atomic mass is 15.1. The molecule has 0 unspecified atom stereocenters. The normalized spacial score (nSPS) is 10.9. The van der Waals surface area contributed by atoms with Gasteiger partial charge in [0.15, 0.2) is 0 Å². The van der Waals surface area contributed by atoms with Gasteiger partial charge in [-0.1, -0.05) is 12.1 Å². The second-order valence-electron chi connectivity index (χ2n) is 5.27. The highest BCUT2D eigenvalue weighted by Gasteiger charge is 2.01. The van der Waals surface area contributed by atoms with Crippen LogP contribution in [0.25, 0.3) is 0 Å². The second-order valence-corrected chi connectivity index (χ2v) is 5.27. The number of nitrogens with zero attached hydrogens (tertiary/aromatic N) is 2. The molecule has 0 saturated heterocycles. The van der Waals surface area contributed by atoms with E-state index in [2.05, 4.69) is 43.2 Å². The summed E-state index contributed by atoms with van der Waals surface area (Å²) in [5.41, 5.74) is 1.91. The van der Waals surface area contributed by atoms with Crippen molar-refractivity contribution < 1.29 is 0 Å². The summed E-state index contributed by atoms with van der Waals surface area (Å²) in [5.74, 6) is 0. The molecule has 104 valence electrons. The molecule has 0 atom stereocenters. The summed E-state index contributed by atoms with van der Waals surface area (Å²) in [6.45, 7) is 7.47. The van der Waals surface area contributed by atoms with Crippen LogP contribution in [0.2, 0.25) is 0 Å². The Labute approximate surface area is 117 Å². The first-order valence-electron chi connectivity index (χ1n) is 7.03. The zero-order valence-corrected chi connectivity index (χ0v) is 12.3. The first kappa shape index (κ1) is 15.7. The van der Waals surface area contributed by atoms with Gasteiger partial charge in [0, 0.05) is 12.6 Å². The number of unbranched alkanes of at least 4 members (excludes halogenated alkanes) is 1. The Bertz CT molecular complexity index is 407. The lowest BCUT2D eigenvalue weighted by Gasteiger charge is -2.20. The molecule has 1 rings (SSSR count).